The molecule has 0 aliphatic carbocycles. The van der Waals surface area contributed by atoms with Gasteiger partial charge in [-0.1, -0.05) is 27.7 Å². The summed E-state index contributed by atoms with van der Waals surface area (Å²) in [5.74, 6) is -0.0642. The molecule has 0 aromatic rings. The van der Waals surface area contributed by atoms with Crippen LogP contribution in [-0.4, -0.2) is 40.6 Å². The van der Waals surface area contributed by atoms with E-state index in [-0.39, 0.29) is 42.4 Å². The zero-order valence-corrected chi connectivity index (χ0v) is 15.7. The Labute approximate surface area is 145 Å². The molecule has 6 heteroatoms. The number of rotatable bonds is 10. The second-order valence-electron chi connectivity index (χ2n) is 6.96. The van der Waals surface area contributed by atoms with E-state index in [2.05, 4.69) is 10.6 Å². The van der Waals surface area contributed by atoms with E-state index in [9.17, 15) is 14.4 Å². The van der Waals surface area contributed by atoms with Crippen LogP contribution >= 0.6 is 0 Å². The van der Waals surface area contributed by atoms with Gasteiger partial charge in [-0.15, -0.1) is 0 Å². The van der Waals surface area contributed by atoms with E-state index < -0.39 is 11.1 Å². The summed E-state index contributed by atoms with van der Waals surface area (Å²) in [5, 5.41) is 6.25. The molecule has 1 aliphatic rings. The van der Waals surface area contributed by atoms with Crippen molar-refractivity contribution < 1.29 is 14.4 Å². The minimum Gasteiger partial charge on any atom is -0.351 e. The maximum absolute atomic E-state index is 12.6. The highest BCUT2D eigenvalue weighted by Crippen LogP contribution is 2.24. The number of nitrogens with one attached hydrogen (secondary N) is 2. The number of carbonyl (C=O) groups is 3. The fourth-order valence-electron chi connectivity index (χ4n) is 3.51. The highest BCUT2D eigenvalue weighted by atomic mass is 16.2. The smallest absolute Gasteiger partial charge is 0.221 e. The van der Waals surface area contributed by atoms with Crippen LogP contribution in [0, 0.1) is 0 Å². The molecule has 1 rings (SSSR count). The summed E-state index contributed by atoms with van der Waals surface area (Å²) in [7, 11) is 0. The van der Waals surface area contributed by atoms with Gasteiger partial charge in [0.15, 0.2) is 5.78 Å². The van der Waals surface area contributed by atoms with Crippen LogP contribution < -0.4 is 16.4 Å². The van der Waals surface area contributed by atoms with E-state index in [1.807, 2.05) is 27.7 Å². The van der Waals surface area contributed by atoms with Crippen molar-refractivity contribution in [3.63, 3.8) is 0 Å². The second kappa shape index (κ2) is 8.21. The Hall–Kier alpha value is -1.27. The number of carbonyl (C=O) groups excluding carboxylic acids is 3. The van der Waals surface area contributed by atoms with Gasteiger partial charge in [-0.05, 0) is 32.6 Å². The first-order valence-electron chi connectivity index (χ1n) is 9.08. The van der Waals surface area contributed by atoms with Gasteiger partial charge in [0.25, 0.3) is 0 Å². The summed E-state index contributed by atoms with van der Waals surface area (Å²) in [4.78, 5) is 36.6. The van der Waals surface area contributed by atoms with Crippen LogP contribution in [0.5, 0.6) is 0 Å². The molecular weight excluding hydrogens is 306 g/mol. The SMILES string of the molecule is CCC(N)(CC)C(=O)CC1NC(=O)CC1NC(CC)(CC)C(C)=O. The Kier molecular flexibility index (Phi) is 7.10. The molecule has 6 nitrogen and oxygen atoms in total. The van der Waals surface area contributed by atoms with Crippen LogP contribution in [-0.2, 0) is 14.4 Å². The number of hydrogen-bond donors (Lipinski definition) is 3. The van der Waals surface area contributed by atoms with E-state index in [4.69, 9.17) is 5.73 Å². The van der Waals surface area contributed by atoms with Gasteiger partial charge in [0, 0.05) is 18.9 Å². The molecule has 4 N–H and O–H groups in total. The summed E-state index contributed by atoms with van der Waals surface area (Å²) in [5.41, 5.74) is 4.70. The predicted octanol–water partition coefficient (Wildman–Crippen LogP) is 1.46. The molecule has 0 spiro atoms. The van der Waals surface area contributed by atoms with Crippen molar-refractivity contribution in [1.29, 1.82) is 0 Å². The molecular formula is C18H33N3O3. The topological polar surface area (TPSA) is 101 Å². The van der Waals surface area contributed by atoms with Gasteiger partial charge < -0.3 is 11.1 Å². The van der Waals surface area contributed by atoms with Crippen molar-refractivity contribution in [1.82, 2.24) is 10.6 Å². The lowest BCUT2D eigenvalue weighted by Gasteiger charge is -2.35. The maximum Gasteiger partial charge on any atom is 0.221 e. The lowest BCUT2D eigenvalue weighted by atomic mass is 9.83. The van der Waals surface area contributed by atoms with Crippen molar-refractivity contribution in [2.75, 3.05) is 0 Å². The van der Waals surface area contributed by atoms with Gasteiger partial charge in [0.2, 0.25) is 5.91 Å². The number of nitrogens with two attached hydrogens (primary N) is 1. The second-order valence-corrected chi connectivity index (χ2v) is 6.96. The van der Waals surface area contributed by atoms with Crippen LogP contribution in [0.3, 0.4) is 0 Å². The average Bonchev–Trinajstić information content (AvgIpc) is 2.90. The van der Waals surface area contributed by atoms with Gasteiger partial charge in [0.05, 0.1) is 17.1 Å². The molecule has 1 heterocycles. The lowest BCUT2D eigenvalue weighted by molar-refractivity contribution is -0.125. The first-order valence-corrected chi connectivity index (χ1v) is 9.08. The Balaban J connectivity index is 2.93. The van der Waals surface area contributed by atoms with Gasteiger partial charge >= 0.3 is 0 Å². The normalized spacial score (nSPS) is 21.7. The highest BCUT2D eigenvalue weighted by Gasteiger charge is 2.42. The molecule has 1 aliphatic heterocycles. The van der Waals surface area contributed by atoms with Crippen molar-refractivity contribution in [2.24, 2.45) is 5.73 Å². The van der Waals surface area contributed by atoms with E-state index in [0.717, 1.165) is 0 Å². The summed E-state index contributed by atoms with van der Waals surface area (Å²) in [6.07, 6.45) is 2.92. The summed E-state index contributed by atoms with van der Waals surface area (Å²) < 4.78 is 0. The highest BCUT2D eigenvalue weighted by molar-refractivity contribution is 5.90. The molecule has 24 heavy (non-hydrogen) atoms. The summed E-state index contributed by atoms with van der Waals surface area (Å²) in [6, 6.07) is -0.550. The molecule has 2 atom stereocenters. The van der Waals surface area contributed by atoms with Crippen molar-refractivity contribution in [3.05, 3.63) is 0 Å². The largest absolute Gasteiger partial charge is 0.351 e. The molecule has 2 unspecified atom stereocenters. The van der Waals surface area contributed by atoms with Crippen LogP contribution in [0.2, 0.25) is 0 Å². The molecule has 0 aromatic heterocycles. The third-order valence-corrected chi connectivity index (χ3v) is 5.80. The fraction of sp³-hybridized carbons (Fsp3) is 0.833. The minimum atomic E-state index is -0.842. The molecule has 0 saturated carbocycles. The first-order chi connectivity index (χ1) is 11.2. The third kappa shape index (κ3) is 4.22. The maximum atomic E-state index is 12.6. The molecule has 1 saturated heterocycles. The predicted molar refractivity (Wildman–Crippen MR) is 94.6 cm³/mol. The number of Topliss-reactive ketones (excluding diaryl/α,β-unsaturated/α-hetero) is 2. The third-order valence-electron chi connectivity index (χ3n) is 5.80. The Bertz CT molecular complexity index is 482. The molecule has 0 bridgehead atoms. The van der Waals surface area contributed by atoms with Crippen LogP contribution in [0.4, 0.5) is 0 Å². The summed E-state index contributed by atoms with van der Waals surface area (Å²) >= 11 is 0. The van der Waals surface area contributed by atoms with Crippen LogP contribution in [0.25, 0.3) is 0 Å². The molecule has 1 fully saturated rings. The van der Waals surface area contributed by atoms with Crippen molar-refractivity contribution in [2.45, 2.75) is 96.3 Å². The molecule has 138 valence electrons. The molecule has 1 amide bonds. The molecule has 0 radical (unpaired) electrons. The number of ketones is 2. The average molecular weight is 339 g/mol. The first kappa shape index (κ1) is 20.8. The Morgan fingerprint density at radius 3 is 2.12 bits per heavy atom. The lowest BCUT2D eigenvalue weighted by Crippen LogP contribution is -2.58. The van der Waals surface area contributed by atoms with Crippen LogP contribution in [0.1, 0.15) is 73.1 Å². The van der Waals surface area contributed by atoms with E-state index in [0.29, 0.717) is 25.7 Å². The van der Waals surface area contributed by atoms with Gasteiger partial charge in [-0.25, -0.2) is 0 Å². The number of amides is 1. The summed E-state index contributed by atoms with van der Waals surface area (Å²) in [6.45, 7) is 9.30. The van der Waals surface area contributed by atoms with E-state index in [1.54, 1.807) is 6.92 Å². The van der Waals surface area contributed by atoms with Crippen molar-refractivity contribution in [3.8, 4) is 0 Å². The fourth-order valence-corrected chi connectivity index (χ4v) is 3.51. The van der Waals surface area contributed by atoms with Gasteiger partial charge in [-0.3, -0.25) is 19.7 Å². The van der Waals surface area contributed by atoms with Crippen LogP contribution in [0.15, 0.2) is 0 Å². The Morgan fingerprint density at radius 1 is 1.17 bits per heavy atom. The molecule has 0 aromatic carbocycles. The minimum absolute atomic E-state index is 0.0343. The van der Waals surface area contributed by atoms with Gasteiger partial charge in [-0.2, -0.15) is 0 Å². The van der Waals surface area contributed by atoms with E-state index >= 15 is 0 Å². The number of hydrogen-bond acceptors (Lipinski definition) is 5. The monoisotopic (exact) mass is 339 g/mol. The Morgan fingerprint density at radius 2 is 1.71 bits per heavy atom. The zero-order chi connectivity index (χ0) is 18.5. The van der Waals surface area contributed by atoms with Gasteiger partial charge in [0.1, 0.15) is 5.78 Å². The quantitative estimate of drug-likeness (QED) is 0.559. The van der Waals surface area contributed by atoms with Crippen molar-refractivity contribution >= 4 is 17.5 Å². The van der Waals surface area contributed by atoms with E-state index in [1.165, 1.54) is 0 Å². The standard InChI is InChI=1S/C18H33N3O3/c1-6-17(19,7-2)15(23)10-13-14(11-16(24)20-13)21-18(8-3,9-4)12(5)22/h13-14,21H,6-11,19H2,1-5H3,(H,20,24). The zero-order valence-electron chi connectivity index (χ0n) is 15.7.